The van der Waals surface area contributed by atoms with Crippen molar-refractivity contribution in [3.05, 3.63) is 34.9 Å². The van der Waals surface area contributed by atoms with Gasteiger partial charge in [0.25, 0.3) is 0 Å². The van der Waals surface area contributed by atoms with Crippen LogP contribution in [0, 0.1) is 0 Å². The Balaban J connectivity index is 2.11. The number of hydrogen-bond acceptors (Lipinski definition) is 3. The van der Waals surface area contributed by atoms with Gasteiger partial charge in [0.05, 0.1) is 12.6 Å². The lowest BCUT2D eigenvalue weighted by atomic mass is 10.0. The average Bonchev–Trinajstić information content (AvgIpc) is 2.98. The van der Waals surface area contributed by atoms with Crippen molar-refractivity contribution in [2.24, 2.45) is 0 Å². The summed E-state index contributed by atoms with van der Waals surface area (Å²) in [7, 11) is 0. The van der Waals surface area contributed by atoms with Gasteiger partial charge in [-0.1, -0.05) is 24.4 Å². The van der Waals surface area contributed by atoms with Gasteiger partial charge < -0.3 is 5.11 Å². The quantitative estimate of drug-likeness (QED) is 0.820. The van der Waals surface area contributed by atoms with Crippen molar-refractivity contribution in [1.82, 2.24) is 4.90 Å². The van der Waals surface area contributed by atoms with E-state index in [1.165, 1.54) is 12.8 Å². The third kappa shape index (κ3) is 3.60. The van der Waals surface area contributed by atoms with Crippen molar-refractivity contribution in [2.45, 2.75) is 44.7 Å². The van der Waals surface area contributed by atoms with E-state index in [0.29, 0.717) is 23.2 Å². The lowest BCUT2D eigenvalue weighted by molar-refractivity contribution is 0.0707. The van der Waals surface area contributed by atoms with E-state index in [-0.39, 0.29) is 18.4 Å². The molecular formula is C16H22ClNO2. The number of hydrogen-bond donors (Lipinski definition) is 1. The molecule has 4 heteroatoms. The molecule has 1 aliphatic carbocycles. The van der Waals surface area contributed by atoms with Crippen LogP contribution in [0.4, 0.5) is 0 Å². The highest BCUT2D eigenvalue weighted by Crippen LogP contribution is 2.26. The lowest BCUT2D eigenvalue weighted by Crippen LogP contribution is -2.46. The summed E-state index contributed by atoms with van der Waals surface area (Å²) >= 11 is 5.86. The zero-order valence-electron chi connectivity index (χ0n) is 11.9. The van der Waals surface area contributed by atoms with Crippen molar-refractivity contribution in [1.29, 1.82) is 0 Å². The molecule has 1 atom stereocenters. The maximum absolute atomic E-state index is 12.6. The Morgan fingerprint density at radius 2 is 1.95 bits per heavy atom. The van der Waals surface area contributed by atoms with Crippen LogP contribution >= 0.6 is 11.6 Å². The minimum Gasteiger partial charge on any atom is -0.395 e. The SMILES string of the molecule is CC(C(=O)c1ccc(Cl)cc1)N(CCO)C1CCCC1. The number of Topliss-reactive ketones (excluding diaryl/α,β-unsaturated/α-hetero) is 1. The maximum Gasteiger partial charge on any atom is 0.179 e. The summed E-state index contributed by atoms with van der Waals surface area (Å²) in [4.78, 5) is 14.7. The summed E-state index contributed by atoms with van der Waals surface area (Å²) < 4.78 is 0. The molecule has 0 spiro atoms. The van der Waals surface area contributed by atoms with E-state index in [9.17, 15) is 9.90 Å². The highest BCUT2D eigenvalue weighted by molar-refractivity contribution is 6.30. The van der Waals surface area contributed by atoms with E-state index < -0.39 is 0 Å². The van der Waals surface area contributed by atoms with Crippen molar-refractivity contribution in [3.63, 3.8) is 0 Å². The minimum atomic E-state index is -0.202. The number of benzene rings is 1. The zero-order chi connectivity index (χ0) is 14.5. The highest BCUT2D eigenvalue weighted by atomic mass is 35.5. The van der Waals surface area contributed by atoms with E-state index in [1.807, 2.05) is 6.92 Å². The summed E-state index contributed by atoms with van der Waals surface area (Å²) in [6.07, 6.45) is 4.68. The van der Waals surface area contributed by atoms with Crippen LogP contribution in [0.5, 0.6) is 0 Å². The summed E-state index contributed by atoms with van der Waals surface area (Å²) in [5, 5.41) is 9.90. The Hall–Kier alpha value is -0.900. The molecule has 1 unspecified atom stereocenters. The fraction of sp³-hybridized carbons (Fsp3) is 0.562. The van der Waals surface area contributed by atoms with Crippen LogP contribution in [0.1, 0.15) is 43.0 Å². The second-order valence-corrected chi connectivity index (χ2v) is 5.88. The first-order chi connectivity index (χ1) is 9.63. The molecule has 0 aliphatic heterocycles. The van der Waals surface area contributed by atoms with Gasteiger partial charge in [0.2, 0.25) is 0 Å². The largest absolute Gasteiger partial charge is 0.395 e. The van der Waals surface area contributed by atoms with Crippen LogP contribution in [0.25, 0.3) is 0 Å². The number of aliphatic hydroxyl groups excluding tert-OH is 1. The molecule has 0 amide bonds. The van der Waals surface area contributed by atoms with Crippen molar-refractivity contribution < 1.29 is 9.90 Å². The zero-order valence-corrected chi connectivity index (χ0v) is 12.6. The van der Waals surface area contributed by atoms with Crippen LogP contribution in [-0.2, 0) is 0 Å². The molecule has 1 saturated carbocycles. The van der Waals surface area contributed by atoms with Crippen molar-refractivity contribution in [3.8, 4) is 0 Å². The molecule has 1 fully saturated rings. The summed E-state index contributed by atoms with van der Waals surface area (Å²) in [6, 6.07) is 7.25. The molecule has 0 saturated heterocycles. The molecule has 1 N–H and O–H groups in total. The highest BCUT2D eigenvalue weighted by Gasteiger charge is 2.30. The molecule has 110 valence electrons. The molecule has 1 aromatic carbocycles. The minimum absolute atomic E-state index is 0.0920. The molecule has 1 aliphatic rings. The van der Waals surface area contributed by atoms with Crippen LogP contribution in [0.15, 0.2) is 24.3 Å². The van der Waals surface area contributed by atoms with Gasteiger partial charge in [-0.3, -0.25) is 9.69 Å². The molecule has 3 nitrogen and oxygen atoms in total. The lowest BCUT2D eigenvalue weighted by Gasteiger charge is -2.33. The van der Waals surface area contributed by atoms with E-state index in [4.69, 9.17) is 11.6 Å². The van der Waals surface area contributed by atoms with Crippen molar-refractivity contribution >= 4 is 17.4 Å². The Labute approximate surface area is 125 Å². The molecule has 2 rings (SSSR count). The van der Waals surface area contributed by atoms with Crippen LogP contribution in [0.3, 0.4) is 0 Å². The normalized spacial score (nSPS) is 17.6. The Morgan fingerprint density at radius 1 is 1.35 bits per heavy atom. The number of rotatable bonds is 6. The van der Waals surface area contributed by atoms with E-state index in [2.05, 4.69) is 4.90 Å². The molecule has 0 radical (unpaired) electrons. The van der Waals surface area contributed by atoms with Gasteiger partial charge in [-0.05, 0) is 44.0 Å². The van der Waals surface area contributed by atoms with Gasteiger partial charge >= 0.3 is 0 Å². The third-order valence-corrected chi connectivity index (χ3v) is 4.41. The molecule has 0 bridgehead atoms. The summed E-state index contributed by atoms with van der Waals surface area (Å²) in [5.41, 5.74) is 0.683. The van der Waals surface area contributed by atoms with Gasteiger partial charge in [-0.25, -0.2) is 0 Å². The topological polar surface area (TPSA) is 40.5 Å². The fourth-order valence-corrected chi connectivity index (χ4v) is 3.18. The summed E-state index contributed by atoms with van der Waals surface area (Å²) in [5.74, 6) is 0.0991. The molecule has 0 heterocycles. The van der Waals surface area contributed by atoms with E-state index in [1.54, 1.807) is 24.3 Å². The molecule has 20 heavy (non-hydrogen) atoms. The Kier molecular flexibility index (Phi) is 5.58. The average molecular weight is 296 g/mol. The van der Waals surface area contributed by atoms with Gasteiger partial charge in [-0.15, -0.1) is 0 Å². The first-order valence-corrected chi connectivity index (χ1v) is 7.67. The predicted octanol–water partition coefficient (Wildman–Crippen LogP) is 3.15. The van der Waals surface area contributed by atoms with Crippen LogP contribution in [0.2, 0.25) is 5.02 Å². The van der Waals surface area contributed by atoms with Crippen molar-refractivity contribution in [2.75, 3.05) is 13.2 Å². The third-order valence-electron chi connectivity index (χ3n) is 4.16. The summed E-state index contributed by atoms with van der Waals surface area (Å²) in [6.45, 7) is 2.59. The first-order valence-electron chi connectivity index (χ1n) is 7.30. The second-order valence-electron chi connectivity index (χ2n) is 5.45. The number of aliphatic hydroxyl groups is 1. The fourth-order valence-electron chi connectivity index (χ4n) is 3.05. The van der Waals surface area contributed by atoms with Gasteiger partial charge in [0.15, 0.2) is 5.78 Å². The van der Waals surface area contributed by atoms with Gasteiger partial charge in [0.1, 0.15) is 0 Å². The monoisotopic (exact) mass is 295 g/mol. The molecule has 0 aromatic heterocycles. The van der Waals surface area contributed by atoms with Gasteiger partial charge in [0, 0.05) is 23.2 Å². The maximum atomic E-state index is 12.6. The number of carbonyl (C=O) groups is 1. The molecular weight excluding hydrogens is 274 g/mol. The molecule has 1 aromatic rings. The smallest absolute Gasteiger partial charge is 0.179 e. The predicted molar refractivity (Wildman–Crippen MR) is 81.3 cm³/mol. The Bertz CT molecular complexity index is 440. The number of halogens is 1. The number of carbonyl (C=O) groups excluding carboxylic acids is 1. The van der Waals surface area contributed by atoms with E-state index >= 15 is 0 Å². The van der Waals surface area contributed by atoms with Crippen LogP contribution < -0.4 is 0 Å². The Morgan fingerprint density at radius 3 is 2.50 bits per heavy atom. The standard InChI is InChI=1S/C16H22ClNO2/c1-12(16(20)13-6-8-14(17)9-7-13)18(10-11-19)15-4-2-3-5-15/h6-9,12,15,19H,2-5,10-11H2,1H3. The number of nitrogens with zero attached hydrogens (tertiary/aromatic N) is 1. The van der Waals surface area contributed by atoms with Crippen LogP contribution in [-0.4, -0.2) is 41.0 Å². The first kappa shape index (κ1) is 15.5. The number of ketones is 1. The van der Waals surface area contributed by atoms with Gasteiger partial charge in [-0.2, -0.15) is 0 Å². The van der Waals surface area contributed by atoms with E-state index in [0.717, 1.165) is 12.8 Å². The second kappa shape index (κ2) is 7.21.